The standard InChI is InChI=1S/C31H33F4N3O2/c1-19-3-5-21(6-4-19)13-14-37(18-25(39)16-31(33,34)35)30(40)26-12-7-22-15-28-27(20(2)29(22)26)17-36-38(28)24-10-8-23(32)9-11-24/h3-6,8-11,15,17,20,25-26,36,39H,7,12-14,16,18H2,1-2H3/t20-,25+,26-/m0/s1. The van der Waals surface area contributed by atoms with Crippen molar-refractivity contribution in [2.45, 2.75) is 51.8 Å². The van der Waals surface area contributed by atoms with Gasteiger partial charge in [0, 0.05) is 30.8 Å². The van der Waals surface area contributed by atoms with Gasteiger partial charge in [-0.05, 0) is 73.2 Å². The molecule has 1 aliphatic heterocycles. The quantitative estimate of drug-likeness (QED) is 0.395. The van der Waals surface area contributed by atoms with E-state index in [0.29, 0.717) is 19.3 Å². The molecule has 0 aromatic heterocycles. The van der Waals surface area contributed by atoms with Crippen LogP contribution in [0.3, 0.4) is 0 Å². The highest BCUT2D eigenvalue weighted by Gasteiger charge is 2.42. The number of nitrogens with one attached hydrogen (secondary N) is 1. The van der Waals surface area contributed by atoms with Gasteiger partial charge >= 0.3 is 6.18 Å². The number of carbonyl (C=O) groups excluding carboxylic acids is 1. The fourth-order valence-electron chi connectivity index (χ4n) is 5.97. The summed E-state index contributed by atoms with van der Waals surface area (Å²) < 4.78 is 52.5. The van der Waals surface area contributed by atoms with Gasteiger partial charge in [-0.1, -0.05) is 36.8 Å². The number of nitrogens with zero attached hydrogens (tertiary/aromatic N) is 2. The predicted molar refractivity (Wildman–Crippen MR) is 145 cm³/mol. The van der Waals surface area contributed by atoms with Crippen molar-refractivity contribution in [1.82, 2.24) is 10.3 Å². The third kappa shape index (κ3) is 5.94. The Morgan fingerprint density at radius 3 is 2.52 bits per heavy atom. The molecule has 9 heteroatoms. The summed E-state index contributed by atoms with van der Waals surface area (Å²) in [6.45, 7) is 3.85. The van der Waals surface area contributed by atoms with Crippen molar-refractivity contribution in [3.63, 3.8) is 0 Å². The lowest BCUT2D eigenvalue weighted by atomic mass is 9.80. The van der Waals surface area contributed by atoms with E-state index in [-0.39, 0.29) is 30.7 Å². The van der Waals surface area contributed by atoms with E-state index in [4.69, 9.17) is 0 Å². The van der Waals surface area contributed by atoms with Crippen molar-refractivity contribution in [2.75, 3.05) is 18.1 Å². The number of fused-ring (bicyclic) bond motifs is 1. The van der Waals surface area contributed by atoms with Crippen molar-refractivity contribution in [3.8, 4) is 0 Å². The van der Waals surface area contributed by atoms with Crippen molar-refractivity contribution in [1.29, 1.82) is 0 Å². The molecule has 2 N–H and O–H groups in total. The van der Waals surface area contributed by atoms with Crippen LogP contribution in [0.4, 0.5) is 23.2 Å². The Morgan fingerprint density at radius 1 is 1.15 bits per heavy atom. The summed E-state index contributed by atoms with van der Waals surface area (Å²) in [5, 5.41) is 12.1. The Balaban J connectivity index is 1.38. The second-order valence-electron chi connectivity index (χ2n) is 10.9. The van der Waals surface area contributed by atoms with Crippen LogP contribution < -0.4 is 10.4 Å². The van der Waals surface area contributed by atoms with Gasteiger partial charge < -0.3 is 15.4 Å². The number of alkyl halides is 3. The molecular weight excluding hydrogens is 522 g/mol. The first kappa shape index (κ1) is 28.0. The monoisotopic (exact) mass is 555 g/mol. The zero-order chi connectivity index (χ0) is 28.6. The summed E-state index contributed by atoms with van der Waals surface area (Å²) in [5.41, 5.74) is 10.0. The number of anilines is 1. The summed E-state index contributed by atoms with van der Waals surface area (Å²) in [5.74, 6) is -1.14. The minimum absolute atomic E-state index is 0.0940. The largest absolute Gasteiger partial charge is 0.391 e. The van der Waals surface area contributed by atoms with Gasteiger partial charge in [0.1, 0.15) is 5.82 Å². The number of hydrazine groups is 1. The minimum Gasteiger partial charge on any atom is -0.391 e. The Labute approximate surface area is 231 Å². The number of allylic oxidation sites excluding steroid dienone is 3. The number of rotatable bonds is 8. The molecule has 212 valence electrons. The number of benzene rings is 2. The van der Waals surface area contributed by atoms with E-state index in [0.717, 1.165) is 39.2 Å². The lowest BCUT2D eigenvalue weighted by molar-refractivity contribution is -0.158. The second kappa shape index (κ2) is 11.1. The number of carbonyl (C=O) groups is 1. The first-order valence-corrected chi connectivity index (χ1v) is 13.6. The van der Waals surface area contributed by atoms with E-state index in [9.17, 15) is 27.5 Å². The van der Waals surface area contributed by atoms with Gasteiger partial charge in [-0.25, -0.2) is 4.39 Å². The minimum atomic E-state index is -4.52. The van der Waals surface area contributed by atoms with Crippen molar-refractivity contribution >= 4 is 11.6 Å². The lowest BCUT2D eigenvalue weighted by Crippen LogP contribution is -2.43. The number of halogens is 4. The molecule has 2 aromatic carbocycles. The maximum atomic E-state index is 13.9. The van der Waals surface area contributed by atoms with Gasteiger partial charge in [0.2, 0.25) is 5.91 Å². The first-order chi connectivity index (χ1) is 19.0. The van der Waals surface area contributed by atoms with Gasteiger partial charge in [0.05, 0.1) is 29.8 Å². The zero-order valence-electron chi connectivity index (χ0n) is 22.5. The summed E-state index contributed by atoms with van der Waals surface area (Å²) in [6, 6.07) is 14.0. The maximum Gasteiger partial charge on any atom is 0.391 e. The van der Waals surface area contributed by atoms with Gasteiger partial charge in [0.15, 0.2) is 0 Å². The molecule has 5 nitrogen and oxygen atoms in total. The van der Waals surface area contributed by atoms with Gasteiger partial charge in [0.25, 0.3) is 0 Å². The molecule has 1 amide bonds. The molecule has 0 unspecified atom stereocenters. The molecule has 3 aliphatic rings. The van der Waals surface area contributed by atoms with Crippen LogP contribution in [0.15, 0.2) is 83.2 Å². The summed E-state index contributed by atoms with van der Waals surface area (Å²) in [7, 11) is 0. The molecule has 0 fully saturated rings. The summed E-state index contributed by atoms with van der Waals surface area (Å²) in [6.07, 6.45) is -1.94. The van der Waals surface area contributed by atoms with Crippen LogP contribution in [0.1, 0.15) is 37.3 Å². The van der Waals surface area contributed by atoms with E-state index >= 15 is 0 Å². The molecule has 0 radical (unpaired) electrons. The smallest absolute Gasteiger partial charge is 0.391 e. The molecule has 2 aliphatic carbocycles. The van der Waals surface area contributed by atoms with Crippen LogP contribution in [-0.2, 0) is 11.2 Å². The van der Waals surface area contributed by atoms with Crippen molar-refractivity contribution < 1.29 is 27.5 Å². The van der Waals surface area contributed by atoms with Crippen LogP contribution in [0.25, 0.3) is 0 Å². The third-order valence-corrected chi connectivity index (χ3v) is 7.96. The van der Waals surface area contributed by atoms with Gasteiger partial charge in [-0.2, -0.15) is 13.2 Å². The van der Waals surface area contributed by atoms with E-state index in [1.54, 1.807) is 12.1 Å². The fraction of sp³-hybridized carbons (Fsp3) is 0.387. The van der Waals surface area contributed by atoms with Crippen LogP contribution in [-0.4, -0.2) is 41.3 Å². The molecular formula is C31H33F4N3O2. The van der Waals surface area contributed by atoms with Gasteiger partial charge in [-0.15, -0.1) is 0 Å². The Hall–Kier alpha value is -3.59. The topological polar surface area (TPSA) is 55.8 Å². The third-order valence-electron chi connectivity index (χ3n) is 7.96. The Bertz CT molecular complexity index is 1350. The number of hydrogen-bond acceptors (Lipinski definition) is 4. The lowest BCUT2D eigenvalue weighted by Gasteiger charge is -2.33. The zero-order valence-corrected chi connectivity index (χ0v) is 22.5. The molecule has 0 bridgehead atoms. The number of aliphatic hydroxyl groups is 1. The highest BCUT2D eigenvalue weighted by molar-refractivity contribution is 5.84. The molecule has 3 atom stereocenters. The van der Waals surface area contributed by atoms with Crippen LogP contribution in [0.2, 0.25) is 0 Å². The predicted octanol–water partition coefficient (Wildman–Crippen LogP) is 5.97. The second-order valence-corrected chi connectivity index (χ2v) is 10.9. The molecule has 0 saturated heterocycles. The number of hydrogen-bond donors (Lipinski definition) is 2. The Morgan fingerprint density at radius 2 is 1.85 bits per heavy atom. The molecule has 5 rings (SSSR count). The molecule has 0 saturated carbocycles. The van der Waals surface area contributed by atoms with Gasteiger partial charge in [-0.3, -0.25) is 9.80 Å². The SMILES string of the molecule is Cc1ccc(CCN(C[C@H](O)CC(F)(F)F)C(=O)[C@H]2CCC3=C2[C@@H](C)C2=CNN(c4ccc(F)cc4)C2=C3)cc1. The van der Waals surface area contributed by atoms with Crippen LogP contribution in [0.5, 0.6) is 0 Å². The molecule has 1 heterocycles. The van der Waals surface area contributed by atoms with E-state index in [1.807, 2.05) is 55.4 Å². The first-order valence-electron chi connectivity index (χ1n) is 13.6. The average molecular weight is 556 g/mol. The maximum absolute atomic E-state index is 13.9. The fourth-order valence-corrected chi connectivity index (χ4v) is 5.97. The molecule has 2 aromatic rings. The normalized spacial score (nSPS) is 20.9. The van der Waals surface area contributed by atoms with E-state index in [1.165, 1.54) is 17.0 Å². The van der Waals surface area contributed by atoms with E-state index < -0.39 is 24.6 Å². The molecule has 40 heavy (non-hydrogen) atoms. The highest BCUT2D eigenvalue weighted by Crippen LogP contribution is 2.48. The summed E-state index contributed by atoms with van der Waals surface area (Å²) >= 11 is 0. The Kier molecular flexibility index (Phi) is 7.77. The number of aliphatic hydroxyl groups excluding tert-OH is 1. The summed E-state index contributed by atoms with van der Waals surface area (Å²) in [4.78, 5) is 15.3. The van der Waals surface area contributed by atoms with Crippen LogP contribution >= 0.6 is 0 Å². The van der Waals surface area contributed by atoms with Crippen LogP contribution in [0, 0.1) is 24.6 Å². The van der Waals surface area contributed by atoms with Crippen molar-refractivity contribution in [3.05, 3.63) is 100 Å². The average Bonchev–Trinajstić information content (AvgIpc) is 3.52. The highest BCUT2D eigenvalue weighted by atomic mass is 19.4. The number of amides is 1. The number of aryl methyl sites for hydroxylation is 1. The molecule has 0 spiro atoms. The van der Waals surface area contributed by atoms with Crippen molar-refractivity contribution in [2.24, 2.45) is 11.8 Å². The van der Waals surface area contributed by atoms with E-state index in [2.05, 4.69) is 5.43 Å².